The molecule has 0 aliphatic rings. The van der Waals surface area contributed by atoms with Crippen LogP contribution >= 0.6 is 0 Å². The highest BCUT2D eigenvalue weighted by atomic mass is 16.5. The van der Waals surface area contributed by atoms with E-state index in [1.165, 1.54) is 146 Å². The third-order valence-electron chi connectivity index (χ3n) is 6.73. The normalized spacial score (nSPS) is 11.6. The first-order chi connectivity index (χ1) is 14.2. The topological polar surface area (TPSA) is 39.2 Å². The molecule has 0 fully saturated rings. The first-order valence-corrected chi connectivity index (χ1v) is 13.6. The Morgan fingerprint density at radius 3 is 1.03 bits per heavy atom. The molecule has 0 unspecified atom stereocenters. The molecule has 0 aromatic carbocycles. The molecule has 30 heavy (non-hydrogen) atoms. The maximum absolute atomic E-state index is 5.56. The highest BCUT2D eigenvalue weighted by Crippen LogP contribution is 2.18. The predicted octanol–water partition coefficient (Wildman–Crippen LogP) is 8.35. The van der Waals surface area contributed by atoms with Gasteiger partial charge in [-0.15, -0.1) is 0 Å². The third kappa shape index (κ3) is 19.8. The van der Waals surface area contributed by atoms with Crippen LogP contribution in [0.15, 0.2) is 0 Å². The molecule has 0 aromatic heterocycles. The molecule has 0 bridgehead atoms. The van der Waals surface area contributed by atoms with Gasteiger partial charge in [-0.25, -0.2) is 0 Å². The minimum Gasteiger partial charge on any atom is -0.870 e. The molecule has 1 N–H and O–H groups in total. The lowest BCUT2D eigenvalue weighted by Crippen LogP contribution is -2.52. The van der Waals surface area contributed by atoms with Crippen molar-refractivity contribution >= 4 is 0 Å². The van der Waals surface area contributed by atoms with Crippen molar-refractivity contribution in [2.24, 2.45) is 0 Å². The SMILES string of the molecule is CCCCCCCC[N+](CCCCCCCC)(CCCCCCCC)CCOC.[OH-]. The van der Waals surface area contributed by atoms with Crippen LogP contribution < -0.4 is 0 Å². The Kier molecular flexibility index (Phi) is 26.9. The fourth-order valence-corrected chi connectivity index (χ4v) is 4.64. The van der Waals surface area contributed by atoms with Gasteiger partial charge >= 0.3 is 0 Å². The molecule has 0 rings (SSSR count). The van der Waals surface area contributed by atoms with Crippen LogP contribution in [-0.2, 0) is 4.74 Å². The zero-order valence-corrected chi connectivity index (χ0v) is 21.6. The van der Waals surface area contributed by atoms with Crippen LogP contribution in [0.2, 0.25) is 0 Å². The number of hydrogen-bond donors (Lipinski definition) is 0. The molecule has 0 saturated carbocycles. The Bertz CT molecular complexity index is 268. The van der Waals surface area contributed by atoms with Gasteiger partial charge in [-0.05, 0) is 38.5 Å². The van der Waals surface area contributed by atoms with Crippen LogP contribution in [0.3, 0.4) is 0 Å². The molecule has 0 saturated heterocycles. The van der Waals surface area contributed by atoms with E-state index in [1.807, 2.05) is 7.11 Å². The largest absolute Gasteiger partial charge is 0.870 e. The van der Waals surface area contributed by atoms with Gasteiger partial charge in [0.15, 0.2) is 0 Å². The molecular formula is C27H59NO2. The molecule has 184 valence electrons. The summed E-state index contributed by atoms with van der Waals surface area (Å²) in [6.07, 6.45) is 25.5. The summed E-state index contributed by atoms with van der Waals surface area (Å²) < 4.78 is 6.90. The summed E-state index contributed by atoms with van der Waals surface area (Å²) in [5.74, 6) is 0. The fourth-order valence-electron chi connectivity index (χ4n) is 4.64. The number of rotatable bonds is 24. The van der Waals surface area contributed by atoms with Crippen molar-refractivity contribution in [3.63, 3.8) is 0 Å². The second kappa shape index (κ2) is 25.1. The van der Waals surface area contributed by atoms with Gasteiger partial charge in [0.2, 0.25) is 0 Å². The van der Waals surface area contributed by atoms with E-state index in [9.17, 15) is 0 Å². The van der Waals surface area contributed by atoms with Crippen LogP contribution in [-0.4, -0.2) is 49.9 Å². The summed E-state index contributed by atoms with van der Waals surface area (Å²) in [5.41, 5.74) is 0. The van der Waals surface area contributed by atoms with Crippen molar-refractivity contribution in [1.82, 2.24) is 0 Å². The minimum atomic E-state index is 0. The van der Waals surface area contributed by atoms with Crippen molar-refractivity contribution in [1.29, 1.82) is 0 Å². The zero-order chi connectivity index (χ0) is 21.5. The molecule has 0 aliphatic carbocycles. The van der Waals surface area contributed by atoms with Crippen molar-refractivity contribution in [2.45, 2.75) is 136 Å². The smallest absolute Gasteiger partial charge is 0.102 e. The van der Waals surface area contributed by atoms with E-state index in [2.05, 4.69) is 20.8 Å². The van der Waals surface area contributed by atoms with Gasteiger partial charge in [0.25, 0.3) is 0 Å². The molecule has 3 nitrogen and oxygen atoms in total. The Labute approximate surface area is 191 Å². The number of quaternary nitrogens is 1. The molecule has 0 aromatic rings. The Morgan fingerprint density at radius 1 is 0.433 bits per heavy atom. The molecule has 0 aliphatic heterocycles. The van der Waals surface area contributed by atoms with E-state index in [0.29, 0.717) is 0 Å². The van der Waals surface area contributed by atoms with Gasteiger partial charge in [0.05, 0.1) is 26.2 Å². The molecule has 0 atom stereocenters. The van der Waals surface area contributed by atoms with Gasteiger partial charge in [-0.2, -0.15) is 0 Å². The van der Waals surface area contributed by atoms with E-state index < -0.39 is 0 Å². The molecular weight excluding hydrogens is 370 g/mol. The first-order valence-electron chi connectivity index (χ1n) is 13.6. The monoisotopic (exact) mass is 429 g/mol. The van der Waals surface area contributed by atoms with Crippen molar-refractivity contribution in [2.75, 3.05) is 39.9 Å². The number of ether oxygens (including phenoxy) is 1. The third-order valence-corrected chi connectivity index (χ3v) is 6.73. The summed E-state index contributed by atoms with van der Waals surface area (Å²) in [6, 6.07) is 0. The van der Waals surface area contributed by atoms with E-state index in [4.69, 9.17) is 4.74 Å². The van der Waals surface area contributed by atoms with Crippen LogP contribution in [0.4, 0.5) is 0 Å². The average Bonchev–Trinajstić information content (AvgIpc) is 2.74. The number of nitrogens with zero attached hydrogens (tertiary/aromatic N) is 1. The molecule has 0 radical (unpaired) electrons. The van der Waals surface area contributed by atoms with Gasteiger partial charge in [0.1, 0.15) is 6.54 Å². The summed E-state index contributed by atoms with van der Waals surface area (Å²) in [5, 5.41) is 0. The van der Waals surface area contributed by atoms with E-state index in [1.54, 1.807) is 0 Å². The predicted molar refractivity (Wildman–Crippen MR) is 134 cm³/mol. The quantitative estimate of drug-likeness (QED) is 0.114. The number of unbranched alkanes of at least 4 members (excludes halogenated alkanes) is 15. The number of hydrogen-bond acceptors (Lipinski definition) is 2. The lowest BCUT2D eigenvalue weighted by molar-refractivity contribution is -0.929. The van der Waals surface area contributed by atoms with Gasteiger partial charge in [0, 0.05) is 7.11 Å². The Morgan fingerprint density at radius 2 is 0.733 bits per heavy atom. The first kappa shape index (κ1) is 32.1. The highest BCUT2D eigenvalue weighted by Gasteiger charge is 2.25. The van der Waals surface area contributed by atoms with Crippen LogP contribution in [0, 0.1) is 0 Å². The average molecular weight is 430 g/mol. The highest BCUT2D eigenvalue weighted by molar-refractivity contribution is 4.53. The summed E-state index contributed by atoms with van der Waals surface area (Å²) >= 11 is 0. The minimum absolute atomic E-state index is 0. The van der Waals surface area contributed by atoms with Crippen LogP contribution in [0.5, 0.6) is 0 Å². The molecule has 3 heteroatoms. The molecule has 0 amide bonds. The van der Waals surface area contributed by atoms with Gasteiger partial charge < -0.3 is 14.7 Å². The maximum Gasteiger partial charge on any atom is 0.102 e. The molecule has 0 spiro atoms. The van der Waals surface area contributed by atoms with Crippen LogP contribution in [0.1, 0.15) is 136 Å². The van der Waals surface area contributed by atoms with Crippen molar-refractivity contribution < 1.29 is 14.7 Å². The summed E-state index contributed by atoms with van der Waals surface area (Å²) in [7, 11) is 1.88. The maximum atomic E-state index is 5.56. The van der Waals surface area contributed by atoms with Gasteiger partial charge in [-0.3, -0.25) is 0 Å². The molecule has 0 heterocycles. The standard InChI is InChI=1S/C27H58NO.H2O/c1-5-8-11-14-17-20-23-28(26-27-29-4,24-21-18-15-12-9-6-2)25-22-19-16-13-10-7-3;/h5-27H2,1-4H3;1H2/q+1;/p-1. The summed E-state index contributed by atoms with van der Waals surface area (Å²) in [6.45, 7) is 13.3. The lowest BCUT2D eigenvalue weighted by atomic mass is 10.1. The lowest BCUT2D eigenvalue weighted by Gasteiger charge is -2.39. The van der Waals surface area contributed by atoms with Crippen molar-refractivity contribution in [3.05, 3.63) is 0 Å². The number of methoxy groups -OCH3 is 1. The fraction of sp³-hybridized carbons (Fsp3) is 1.00. The summed E-state index contributed by atoms with van der Waals surface area (Å²) in [4.78, 5) is 0. The van der Waals surface area contributed by atoms with Crippen LogP contribution in [0.25, 0.3) is 0 Å². The van der Waals surface area contributed by atoms with E-state index >= 15 is 0 Å². The second-order valence-corrected chi connectivity index (χ2v) is 9.53. The van der Waals surface area contributed by atoms with E-state index in [0.717, 1.165) is 6.61 Å². The van der Waals surface area contributed by atoms with Gasteiger partial charge in [-0.1, -0.05) is 97.8 Å². The Balaban J connectivity index is 0. The van der Waals surface area contributed by atoms with E-state index in [-0.39, 0.29) is 5.48 Å². The zero-order valence-electron chi connectivity index (χ0n) is 21.6. The second-order valence-electron chi connectivity index (χ2n) is 9.53. The van der Waals surface area contributed by atoms with Crippen molar-refractivity contribution in [3.8, 4) is 0 Å². The Hall–Kier alpha value is -0.120.